The number of benzene rings is 2. The molecule has 3 aromatic rings. The lowest BCUT2D eigenvalue weighted by Crippen LogP contribution is -2.36. The molecule has 1 aliphatic heterocycles. The molecule has 27 heavy (non-hydrogen) atoms. The van der Waals surface area contributed by atoms with Crippen molar-refractivity contribution < 1.29 is 4.74 Å². The van der Waals surface area contributed by atoms with E-state index in [0.717, 1.165) is 54.2 Å². The van der Waals surface area contributed by atoms with Gasteiger partial charge in [0.15, 0.2) is 5.16 Å². The largest absolute Gasteiger partial charge is 0.399 e. The molecule has 0 aliphatic carbocycles. The molecule has 1 aromatic heterocycles. The van der Waals surface area contributed by atoms with Crippen molar-refractivity contribution >= 4 is 23.1 Å². The average Bonchev–Trinajstić information content (AvgIpc) is 2.70. The third-order valence-electron chi connectivity index (χ3n) is 4.46. The van der Waals surface area contributed by atoms with E-state index in [2.05, 4.69) is 39.1 Å². The Labute approximate surface area is 163 Å². The van der Waals surface area contributed by atoms with Crippen LogP contribution in [-0.4, -0.2) is 36.3 Å². The van der Waals surface area contributed by atoms with Crippen molar-refractivity contribution in [2.24, 2.45) is 0 Å². The minimum atomic E-state index is 0.739. The molecule has 1 saturated heterocycles. The molecule has 0 unspecified atom stereocenters. The summed E-state index contributed by atoms with van der Waals surface area (Å²) in [4.78, 5) is 12.5. The van der Waals surface area contributed by atoms with Crippen molar-refractivity contribution in [3.05, 3.63) is 72.1 Å². The summed E-state index contributed by atoms with van der Waals surface area (Å²) in [7, 11) is 0. The molecule has 2 N–H and O–H groups in total. The van der Waals surface area contributed by atoms with Gasteiger partial charge in [-0.2, -0.15) is 0 Å². The third kappa shape index (κ3) is 4.78. The third-order valence-corrected chi connectivity index (χ3v) is 5.33. The molecule has 2 heterocycles. The zero-order valence-corrected chi connectivity index (χ0v) is 15.9. The Morgan fingerprint density at radius 3 is 2.63 bits per heavy atom. The Morgan fingerprint density at radius 1 is 1.04 bits per heavy atom. The summed E-state index contributed by atoms with van der Waals surface area (Å²) in [6.45, 7) is 3.51. The van der Waals surface area contributed by atoms with Gasteiger partial charge >= 0.3 is 0 Å². The Balaban J connectivity index is 1.43. The predicted molar refractivity (Wildman–Crippen MR) is 109 cm³/mol. The molecule has 4 rings (SSSR count). The van der Waals surface area contributed by atoms with Gasteiger partial charge in [-0.25, -0.2) is 9.97 Å². The highest BCUT2D eigenvalue weighted by Crippen LogP contribution is 2.26. The van der Waals surface area contributed by atoms with E-state index in [1.807, 2.05) is 36.5 Å². The Morgan fingerprint density at radius 2 is 1.85 bits per heavy atom. The fourth-order valence-corrected chi connectivity index (χ4v) is 3.89. The van der Waals surface area contributed by atoms with Crippen molar-refractivity contribution in [3.8, 4) is 0 Å². The average molecular weight is 379 g/mol. The summed E-state index contributed by atoms with van der Waals surface area (Å²) in [5.41, 5.74) is 10.1. The van der Waals surface area contributed by atoms with Crippen LogP contribution in [0.25, 0.3) is 0 Å². The molecule has 5 nitrogen and oxygen atoms in total. The SMILES string of the molecule is Nc1cccc(Sc2nccc(Cc3ccc(N4CCOCC4)cc3)n2)c1. The number of anilines is 2. The smallest absolute Gasteiger partial charge is 0.192 e. The number of hydrogen-bond donors (Lipinski definition) is 1. The van der Waals surface area contributed by atoms with Crippen LogP contribution in [0.4, 0.5) is 11.4 Å². The summed E-state index contributed by atoms with van der Waals surface area (Å²) in [6, 6.07) is 18.5. The van der Waals surface area contributed by atoms with E-state index < -0.39 is 0 Å². The minimum Gasteiger partial charge on any atom is -0.399 e. The second kappa shape index (κ2) is 8.41. The molecule has 0 bridgehead atoms. The lowest BCUT2D eigenvalue weighted by Gasteiger charge is -2.28. The predicted octanol–water partition coefficient (Wildman–Crippen LogP) is 3.64. The standard InChI is InChI=1S/C21H22N4OS/c22-17-2-1-3-20(15-17)27-21-23-9-8-18(24-21)14-16-4-6-19(7-5-16)25-10-12-26-13-11-25/h1-9,15H,10-14,22H2. The molecule has 0 amide bonds. The molecular weight excluding hydrogens is 356 g/mol. The van der Waals surface area contributed by atoms with E-state index in [1.54, 1.807) is 0 Å². The van der Waals surface area contributed by atoms with Crippen LogP contribution in [0.1, 0.15) is 11.3 Å². The zero-order valence-electron chi connectivity index (χ0n) is 15.0. The van der Waals surface area contributed by atoms with Crippen LogP contribution in [-0.2, 0) is 11.2 Å². The van der Waals surface area contributed by atoms with Crippen molar-refractivity contribution in [1.82, 2.24) is 9.97 Å². The highest BCUT2D eigenvalue weighted by molar-refractivity contribution is 7.99. The van der Waals surface area contributed by atoms with Gasteiger partial charge in [0.1, 0.15) is 0 Å². The normalized spacial score (nSPS) is 14.3. The topological polar surface area (TPSA) is 64.3 Å². The van der Waals surface area contributed by atoms with Gasteiger partial charge < -0.3 is 15.4 Å². The first-order chi connectivity index (χ1) is 13.3. The van der Waals surface area contributed by atoms with E-state index in [1.165, 1.54) is 23.0 Å². The van der Waals surface area contributed by atoms with Crippen LogP contribution in [0.3, 0.4) is 0 Å². The molecule has 6 heteroatoms. The van der Waals surface area contributed by atoms with Crippen molar-refractivity contribution in [2.75, 3.05) is 36.9 Å². The fraction of sp³-hybridized carbons (Fsp3) is 0.238. The first-order valence-corrected chi connectivity index (χ1v) is 9.85. The number of hydrogen-bond acceptors (Lipinski definition) is 6. The molecule has 0 radical (unpaired) electrons. The number of nitrogens with two attached hydrogens (primary N) is 1. The molecule has 1 aliphatic rings. The monoisotopic (exact) mass is 378 g/mol. The number of ether oxygens (including phenoxy) is 1. The summed E-state index contributed by atoms with van der Waals surface area (Å²) in [5.74, 6) is 0. The van der Waals surface area contributed by atoms with E-state index in [-0.39, 0.29) is 0 Å². The van der Waals surface area contributed by atoms with E-state index in [4.69, 9.17) is 10.5 Å². The number of aromatic nitrogens is 2. The van der Waals surface area contributed by atoms with E-state index in [0.29, 0.717) is 0 Å². The maximum absolute atomic E-state index is 5.85. The molecule has 0 spiro atoms. The Bertz CT molecular complexity index is 895. The van der Waals surface area contributed by atoms with Gasteiger partial charge in [0, 0.05) is 47.7 Å². The van der Waals surface area contributed by atoms with Crippen LogP contribution in [0.2, 0.25) is 0 Å². The number of rotatable bonds is 5. The minimum absolute atomic E-state index is 0.739. The van der Waals surface area contributed by atoms with Gasteiger partial charge in [-0.1, -0.05) is 18.2 Å². The quantitative estimate of drug-likeness (QED) is 0.540. The summed E-state index contributed by atoms with van der Waals surface area (Å²) in [5, 5.41) is 0.739. The summed E-state index contributed by atoms with van der Waals surface area (Å²) >= 11 is 1.53. The molecule has 138 valence electrons. The zero-order chi connectivity index (χ0) is 18.5. The van der Waals surface area contributed by atoms with E-state index >= 15 is 0 Å². The first-order valence-electron chi connectivity index (χ1n) is 9.03. The van der Waals surface area contributed by atoms with Crippen LogP contribution in [0.5, 0.6) is 0 Å². The number of nitrogen functional groups attached to an aromatic ring is 1. The second-order valence-corrected chi connectivity index (χ2v) is 7.49. The van der Waals surface area contributed by atoms with Gasteiger partial charge in [0.05, 0.1) is 13.2 Å². The Kier molecular flexibility index (Phi) is 5.55. The fourth-order valence-electron chi connectivity index (χ4n) is 3.06. The van der Waals surface area contributed by atoms with Gasteiger partial charge in [-0.05, 0) is 53.7 Å². The first kappa shape index (κ1) is 17.8. The molecule has 2 aromatic carbocycles. The lowest BCUT2D eigenvalue weighted by molar-refractivity contribution is 0.122. The second-order valence-electron chi connectivity index (χ2n) is 6.45. The Hall–Kier alpha value is -2.57. The van der Waals surface area contributed by atoms with Gasteiger partial charge in [0.2, 0.25) is 0 Å². The van der Waals surface area contributed by atoms with Crippen molar-refractivity contribution in [1.29, 1.82) is 0 Å². The lowest BCUT2D eigenvalue weighted by atomic mass is 10.1. The highest BCUT2D eigenvalue weighted by atomic mass is 32.2. The van der Waals surface area contributed by atoms with Crippen molar-refractivity contribution in [3.63, 3.8) is 0 Å². The highest BCUT2D eigenvalue weighted by Gasteiger charge is 2.11. The van der Waals surface area contributed by atoms with Crippen LogP contribution >= 0.6 is 11.8 Å². The number of nitrogens with zero attached hydrogens (tertiary/aromatic N) is 3. The molecule has 1 fully saturated rings. The van der Waals surface area contributed by atoms with Crippen LogP contribution in [0.15, 0.2) is 70.8 Å². The maximum Gasteiger partial charge on any atom is 0.192 e. The van der Waals surface area contributed by atoms with Gasteiger partial charge in [0.25, 0.3) is 0 Å². The molecule has 0 atom stereocenters. The van der Waals surface area contributed by atoms with Crippen LogP contribution < -0.4 is 10.6 Å². The molecule has 0 saturated carbocycles. The van der Waals surface area contributed by atoms with Crippen LogP contribution in [0, 0.1) is 0 Å². The van der Waals surface area contributed by atoms with Crippen molar-refractivity contribution in [2.45, 2.75) is 16.5 Å². The summed E-state index contributed by atoms with van der Waals surface area (Å²) < 4.78 is 5.42. The maximum atomic E-state index is 5.85. The van der Waals surface area contributed by atoms with Gasteiger partial charge in [-0.15, -0.1) is 0 Å². The van der Waals surface area contributed by atoms with Gasteiger partial charge in [-0.3, -0.25) is 0 Å². The van der Waals surface area contributed by atoms with E-state index in [9.17, 15) is 0 Å². The molecular formula is C21H22N4OS. The number of morpholine rings is 1. The summed E-state index contributed by atoms with van der Waals surface area (Å²) in [6.07, 6.45) is 2.61.